The topological polar surface area (TPSA) is 92.4 Å². The van der Waals surface area contributed by atoms with Gasteiger partial charge in [-0.2, -0.15) is 0 Å². The Hall–Kier alpha value is -1.34. The molecule has 0 atom stereocenters. The van der Waals surface area contributed by atoms with Crippen LogP contribution in [0, 0.1) is 5.82 Å². The number of nitrogens with one attached hydrogen (secondary N) is 1. The van der Waals surface area contributed by atoms with E-state index in [-0.39, 0.29) is 30.2 Å². The van der Waals surface area contributed by atoms with Gasteiger partial charge in [0.1, 0.15) is 5.82 Å². The van der Waals surface area contributed by atoms with E-state index in [2.05, 4.69) is 4.72 Å². The smallest absolute Gasteiger partial charge is 0.232 e. The van der Waals surface area contributed by atoms with E-state index in [0.29, 0.717) is 0 Å². The summed E-state index contributed by atoms with van der Waals surface area (Å²) in [6, 6.07) is 3.56. The first-order valence-corrected chi connectivity index (χ1v) is 6.26. The molecule has 0 radical (unpaired) electrons. The lowest BCUT2D eigenvalue weighted by atomic mass is 10.3. The number of aliphatic hydroxyl groups is 1. The van der Waals surface area contributed by atoms with E-state index < -0.39 is 15.8 Å². The van der Waals surface area contributed by atoms with Gasteiger partial charge in [-0.25, -0.2) is 12.8 Å². The second-order valence-electron chi connectivity index (χ2n) is 3.23. The largest absolute Gasteiger partial charge is 0.396 e. The van der Waals surface area contributed by atoms with Crippen molar-refractivity contribution < 1.29 is 17.9 Å². The third kappa shape index (κ3) is 3.67. The molecule has 16 heavy (non-hydrogen) atoms. The summed E-state index contributed by atoms with van der Waals surface area (Å²) in [5.41, 5.74) is 5.37. The van der Waals surface area contributed by atoms with Gasteiger partial charge in [-0.05, 0) is 24.6 Å². The molecule has 90 valence electrons. The van der Waals surface area contributed by atoms with E-state index >= 15 is 0 Å². The third-order valence-electron chi connectivity index (χ3n) is 1.84. The molecule has 5 nitrogen and oxygen atoms in total. The number of rotatable bonds is 5. The first-order valence-electron chi connectivity index (χ1n) is 4.61. The number of anilines is 2. The minimum atomic E-state index is -3.51. The summed E-state index contributed by atoms with van der Waals surface area (Å²) < 4.78 is 37.8. The van der Waals surface area contributed by atoms with Crippen molar-refractivity contribution in [3.63, 3.8) is 0 Å². The average molecular weight is 248 g/mol. The number of halogens is 1. The molecule has 0 saturated carbocycles. The van der Waals surface area contributed by atoms with Crippen molar-refractivity contribution >= 4 is 21.4 Å². The molecular weight excluding hydrogens is 235 g/mol. The van der Waals surface area contributed by atoms with Crippen LogP contribution >= 0.6 is 0 Å². The second kappa shape index (κ2) is 5.13. The molecule has 0 saturated heterocycles. The number of nitrogen functional groups attached to an aromatic ring is 1. The van der Waals surface area contributed by atoms with Crippen LogP contribution in [0.2, 0.25) is 0 Å². The first kappa shape index (κ1) is 12.7. The monoisotopic (exact) mass is 248 g/mol. The highest BCUT2D eigenvalue weighted by Gasteiger charge is 2.10. The second-order valence-corrected chi connectivity index (χ2v) is 5.08. The lowest BCUT2D eigenvalue weighted by Crippen LogP contribution is -2.17. The van der Waals surface area contributed by atoms with Gasteiger partial charge in [-0.15, -0.1) is 0 Å². The van der Waals surface area contributed by atoms with Gasteiger partial charge in [0.05, 0.1) is 17.1 Å². The van der Waals surface area contributed by atoms with Crippen LogP contribution in [0.4, 0.5) is 15.8 Å². The Kier molecular flexibility index (Phi) is 4.08. The standard InChI is InChI=1S/C9H13FN2O3S/c10-8-3-2-7(6-9(8)11)12-16(14,15)5-1-4-13/h2-3,6,12-13H,1,4-5,11H2. The van der Waals surface area contributed by atoms with Crippen LogP contribution in [0.3, 0.4) is 0 Å². The van der Waals surface area contributed by atoms with Crippen LogP contribution in [-0.4, -0.2) is 25.9 Å². The highest BCUT2D eigenvalue weighted by atomic mass is 32.2. The third-order valence-corrected chi connectivity index (χ3v) is 3.21. The van der Waals surface area contributed by atoms with Crippen LogP contribution in [-0.2, 0) is 10.0 Å². The zero-order valence-electron chi connectivity index (χ0n) is 8.48. The minimum Gasteiger partial charge on any atom is -0.396 e. The molecule has 0 aliphatic carbocycles. The Morgan fingerprint density at radius 2 is 2.12 bits per heavy atom. The Morgan fingerprint density at radius 3 is 2.69 bits per heavy atom. The van der Waals surface area contributed by atoms with Crippen molar-refractivity contribution in [1.29, 1.82) is 0 Å². The molecule has 1 rings (SSSR count). The van der Waals surface area contributed by atoms with Crippen LogP contribution < -0.4 is 10.5 Å². The van der Waals surface area contributed by atoms with Gasteiger partial charge >= 0.3 is 0 Å². The van der Waals surface area contributed by atoms with Crippen molar-refractivity contribution in [2.75, 3.05) is 22.8 Å². The summed E-state index contributed by atoms with van der Waals surface area (Å²) >= 11 is 0. The zero-order chi connectivity index (χ0) is 12.2. The van der Waals surface area contributed by atoms with Gasteiger partial charge in [0.2, 0.25) is 10.0 Å². The fourth-order valence-electron chi connectivity index (χ4n) is 1.09. The maximum atomic E-state index is 12.8. The maximum absolute atomic E-state index is 12.8. The number of sulfonamides is 1. The molecule has 0 amide bonds. The molecule has 0 aliphatic rings. The van der Waals surface area contributed by atoms with Crippen molar-refractivity contribution in [3.05, 3.63) is 24.0 Å². The minimum absolute atomic E-state index is 0.123. The van der Waals surface area contributed by atoms with E-state index in [1.807, 2.05) is 0 Å². The van der Waals surface area contributed by atoms with Crippen molar-refractivity contribution in [1.82, 2.24) is 0 Å². The number of aliphatic hydroxyl groups excluding tert-OH is 1. The Bertz CT molecular complexity index is 462. The van der Waals surface area contributed by atoms with Crippen molar-refractivity contribution in [3.8, 4) is 0 Å². The van der Waals surface area contributed by atoms with Crippen LogP contribution in [0.5, 0.6) is 0 Å². The van der Waals surface area contributed by atoms with Gasteiger partial charge in [0.15, 0.2) is 0 Å². The molecule has 0 unspecified atom stereocenters. The lowest BCUT2D eigenvalue weighted by Gasteiger charge is -2.08. The molecule has 4 N–H and O–H groups in total. The first-order chi connectivity index (χ1) is 7.44. The fourth-order valence-corrected chi connectivity index (χ4v) is 2.19. The normalized spacial score (nSPS) is 11.4. The summed E-state index contributed by atoms with van der Waals surface area (Å²) in [7, 11) is -3.51. The molecular formula is C9H13FN2O3S. The van der Waals surface area contributed by atoms with Gasteiger partial charge in [-0.1, -0.05) is 0 Å². The molecule has 7 heteroatoms. The summed E-state index contributed by atoms with van der Waals surface area (Å²) in [6.07, 6.45) is 0.145. The molecule has 0 aromatic heterocycles. The SMILES string of the molecule is Nc1cc(NS(=O)(=O)CCCO)ccc1F. The van der Waals surface area contributed by atoms with Crippen LogP contribution in [0.1, 0.15) is 6.42 Å². The zero-order valence-corrected chi connectivity index (χ0v) is 9.30. The molecule has 0 heterocycles. The van der Waals surface area contributed by atoms with Gasteiger partial charge in [-0.3, -0.25) is 4.72 Å². The van der Waals surface area contributed by atoms with E-state index in [0.717, 1.165) is 6.07 Å². The van der Waals surface area contributed by atoms with Gasteiger partial charge in [0, 0.05) is 6.61 Å². The van der Waals surface area contributed by atoms with Crippen LogP contribution in [0.25, 0.3) is 0 Å². The predicted octanol–water partition coefficient (Wildman–Crippen LogP) is 0.532. The van der Waals surface area contributed by atoms with Gasteiger partial charge < -0.3 is 10.8 Å². The molecule has 0 bridgehead atoms. The van der Waals surface area contributed by atoms with E-state index in [1.54, 1.807) is 0 Å². The number of hydrogen-bond acceptors (Lipinski definition) is 4. The predicted molar refractivity (Wildman–Crippen MR) is 59.9 cm³/mol. The van der Waals surface area contributed by atoms with E-state index in [4.69, 9.17) is 10.8 Å². The molecule has 0 fully saturated rings. The molecule has 1 aromatic carbocycles. The highest BCUT2D eigenvalue weighted by Crippen LogP contribution is 2.17. The maximum Gasteiger partial charge on any atom is 0.232 e. The fraction of sp³-hybridized carbons (Fsp3) is 0.333. The van der Waals surface area contributed by atoms with Crippen LogP contribution in [0.15, 0.2) is 18.2 Å². The lowest BCUT2D eigenvalue weighted by molar-refractivity contribution is 0.295. The average Bonchev–Trinajstić information content (AvgIpc) is 2.20. The van der Waals surface area contributed by atoms with Crippen molar-refractivity contribution in [2.24, 2.45) is 0 Å². The van der Waals surface area contributed by atoms with Gasteiger partial charge in [0.25, 0.3) is 0 Å². The summed E-state index contributed by atoms with van der Waals surface area (Å²) in [5, 5.41) is 8.51. The number of nitrogens with two attached hydrogens (primary N) is 1. The molecule has 0 aliphatic heterocycles. The summed E-state index contributed by atoms with van der Waals surface area (Å²) in [4.78, 5) is 0. The Morgan fingerprint density at radius 1 is 1.44 bits per heavy atom. The highest BCUT2D eigenvalue weighted by molar-refractivity contribution is 7.92. The Balaban J connectivity index is 2.76. The van der Waals surface area contributed by atoms with E-state index in [1.165, 1.54) is 12.1 Å². The number of hydrogen-bond donors (Lipinski definition) is 3. The number of benzene rings is 1. The molecule has 0 spiro atoms. The quantitative estimate of drug-likeness (QED) is 0.663. The van der Waals surface area contributed by atoms with Crippen molar-refractivity contribution in [2.45, 2.75) is 6.42 Å². The molecule has 1 aromatic rings. The summed E-state index contributed by atoms with van der Waals surface area (Å²) in [6.45, 7) is -0.202. The Labute approximate surface area is 93.1 Å². The van der Waals surface area contributed by atoms with E-state index in [9.17, 15) is 12.8 Å². The summed E-state index contributed by atoms with van der Waals surface area (Å²) in [5.74, 6) is -0.792.